The molecule has 0 atom stereocenters. The first-order chi connectivity index (χ1) is 23.1. The van der Waals surface area contributed by atoms with E-state index in [9.17, 15) is 9.59 Å². The number of thioether (sulfide) groups is 2. The second kappa shape index (κ2) is 24.1. The molecular formula is C37H52N4O4S2. The Hall–Kier alpha value is -3.11. The van der Waals surface area contributed by atoms with Gasteiger partial charge in [-0.3, -0.25) is 14.5 Å². The van der Waals surface area contributed by atoms with Crippen LogP contribution >= 0.6 is 23.5 Å². The SMILES string of the molecule is CCCCCCCCCOC(=O)CSc1nc(SCC(=O)OCCCCCCCCC)nc(N(c2ccccc2)c2ccccc2)n1. The highest BCUT2D eigenvalue weighted by molar-refractivity contribution is 8.00. The Labute approximate surface area is 290 Å². The third-order valence-electron chi connectivity index (χ3n) is 7.47. The van der Waals surface area contributed by atoms with Gasteiger partial charge in [0, 0.05) is 11.4 Å². The normalized spacial score (nSPS) is 10.9. The molecule has 47 heavy (non-hydrogen) atoms. The molecule has 1 aromatic heterocycles. The molecule has 256 valence electrons. The topological polar surface area (TPSA) is 94.5 Å². The van der Waals surface area contributed by atoms with Crippen molar-refractivity contribution >= 4 is 52.8 Å². The predicted molar refractivity (Wildman–Crippen MR) is 194 cm³/mol. The Morgan fingerprint density at radius 2 is 0.936 bits per heavy atom. The van der Waals surface area contributed by atoms with Crippen LogP contribution in [-0.2, 0) is 19.1 Å². The zero-order valence-electron chi connectivity index (χ0n) is 28.2. The highest BCUT2D eigenvalue weighted by Gasteiger charge is 2.19. The van der Waals surface area contributed by atoms with E-state index >= 15 is 0 Å². The van der Waals surface area contributed by atoms with Gasteiger partial charge in [-0.1, -0.05) is 151 Å². The molecule has 0 unspecified atom stereocenters. The summed E-state index contributed by atoms with van der Waals surface area (Å²) in [5.41, 5.74) is 1.75. The fraction of sp³-hybridized carbons (Fsp3) is 0.541. The molecule has 0 spiro atoms. The Kier molecular flexibility index (Phi) is 19.7. The number of esters is 2. The molecule has 0 amide bonds. The predicted octanol–water partition coefficient (Wildman–Crippen LogP) is 10.1. The Morgan fingerprint density at radius 3 is 1.34 bits per heavy atom. The number of hydrogen-bond acceptors (Lipinski definition) is 10. The summed E-state index contributed by atoms with van der Waals surface area (Å²) >= 11 is 2.42. The first kappa shape index (κ1) is 38.3. The molecule has 0 aliphatic heterocycles. The number of unbranched alkanes of at least 4 members (excludes halogenated alkanes) is 12. The molecule has 0 aliphatic rings. The zero-order chi connectivity index (χ0) is 33.4. The number of benzene rings is 2. The molecule has 0 saturated heterocycles. The number of para-hydroxylation sites is 2. The Morgan fingerprint density at radius 1 is 0.553 bits per heavy atom. The molecule has 10 heteroatoms. The van der Waals surface area contributed by atoms with Crippen LogP contribution in [0.15, 0.2) is 71.0 Å². The van der Waals surface area contributed by atoms with Crippen molar-refractivity contribution in [1.29, 1.82) is 0 Å². The van der Waals surface area contributed by atoms with E-state index in [1.165, 1.54) is 87.7 Å². The van der Waals surface area contributed by atoms with E-state index < -0.39 is 0 Å². The molecular weight excluding hydrogens is 629 g/mol. The first-order valence-electron chi connectivity index (χ1n) is 17.3. The molecule has 0 N–H and O–H groups in total. The van der Waals surface area contributed by atoms with Gasteiger partial charge in [0.1, 0.15) is 0 Å². The lowest BCUT2D eigenvalue weighted by Gasteiger charge is -2.23. The van der Waals surface area contributed by atoms with Gasteiger partial charge in [-0.15, -0.1) is 0 Å². The summed E-state index contributed by atoms with van der Waals surface area (Å²) in [6.45, 7) is 5.28. The van der Waals surface area contributed by atoms with Gasteiger partial charge in [0.15, 0.2) is 10.3 Å². The zero-order valence-corrected chi connectivity index (χ0v) is 29.9. The molecule has 8 nitrogen and oxygen atoms in total. The summed E-state index contributed by atoms with van der Waals surface area (Å²) < 4.78 is 11.0. The van der Waals surface area contributed by atoms with Crippen molar-refractivity contribution in [2.45, 2.75) is 114 Å². The fourth-order valence-corrected chi connectivity index (χ4v) is 6.22. The lowest BCUT2D eigenvalue weighted by Crippen LogP contribution is -2.16. The summed E-state index contributed by atoms with van der Waals surface area (Å²) in [7, 11) is 0. The number of ether oxygens (including phenoxy) is 2. The van der Waals surface area contributed by atoms with Gasteiger partial charge in [0.25, 0.3) is 0 Å². The average molecular weight is 681 g/mol. The van der Waals surface area contributed by atoms with Gasteiger partial charge in [-0.2, -0.15) is 15.0 Å². The van der Waals surface area contributed by atoms with Crippen molar-refractivity contribution in [3.63, 3.8) is 0 Å². The number of nitrogens with zero attached hydrogens (tertiary/aromatic N) is 4. The van der Waals surface area contributed by atoms with Gasteiger partial charge >= 0.3 is 11.9 Å². The minimum absolute atomic E-state index is 0.0845. The molecule has 3 aromatic rings. The Bertz CT molecular complexity index is 1190. The van der Waals surface area contributed by atoms with E-state index in [-0.39, 0.29) is 23.4 Å². The first-order valence-corrected chi connectivity index (χ1v) is 19.3. The highest BCUT2D eigenvalue weighted by atomic mass is 32.2. The molecule has 0 bridgehead atoms. The maximum Gasteiger partial charge on any atom is 0.316 e. The molecule has 2 aromatic carbocycles. The number of rotatable bonds is 25. The van der Waals surface area contributed by atoms with E-state index in [4.69, 9.17) is 19.4 Å². The van der Waals surface area contributed by atoms with Crippen LogP contribution in [0.2, 0.25) is 0 Å². The molecule has 0 saturated carbocycles. The third kappa shape index (κ3) is 16.0. The monoisotopic (exact) mass is 680 g/mol. The standard InChI is InChI=1S/C37H52N4O4S2/c1-3-5-7-9-11-13-21-27-44-33(42)29-46-36-38-35(41(31-23-17-15-18-24-31)32-25-19-16-20-26-32)39-37(40-36)47-30-34(43)45-28-22-14-12-10-8-6-4-2/h15-20,23-26H,3-14,21-22,27-30H2,1-2H3. The van der Waals surface area contributed by atoms with Gasteiger partial charge < -0.3 is 9.47 Å². The minimum atomic E-state index is -0.297. The Balaban J connectivity index is 1.63. The van der Waals surface area contributed by atoms with Crippen molar-refractivity contribution in [2.24, 2.45) is 0 Å². The number of carbonyl (C=O) groups excluding carboxylic acids is 2. The van der Waals surface area contributed by atoms with Crippen LogP contribution in [0.3, 0.4) is 0 Å². The maximum atomic E-state index is 12.6. The summed E-state index contributed by atoms with van der Waals surface area (Å²) in [5, 5.41) is 0.775. The van der Waals surface area contributed by atoms with Crippen molar-refractivity contribution in [3.05, 3.63) is 60.7 Å². The molecule has 0 radical (unpaired) electrons. The largest absolute Gasteiger partial charge is 0.465 e. The van der Waals surface area contributed by atoms with E-state index in [1.807, 2.05) is 65.6 Å². The van der Waals surface area contributed by atoms with Crippen LogP contribution in [0.25, 0.3) is 0 Å². The number of aromatic nitrogens is 3. The smallest absolute Gasteiger partial charge is 0.316 e. The molecule has 1 heterocycles. The van der Waals surface area contributed by atoms with Crippen molar-refractivity contribution in [2.75, 3.05) is 29.6 Å². The summed E-state index contributed by atoms with van der Waals surface area (Å²) in [6, 6.07) is 19.7. The van der Waals surface area contributed by atoms with Crippen molar-refractivity contribution in [3.8, 4) is 0 Å². The second-order valence-corrected chi connectivity index (χ2v) is 13.4. The summed E-state index contributed by atoms with van der Waals surface area (Å²) in [5.74, 6) is -0.0268. The van der Waals surface area contributed by atoms with Gasteiger partial charge in [0.05, 0.1) is 24.7 Å². The summed E-state index contributed by atoms with van der Waals surface area (Å²) in [6.07, 6.45) is 16.3. The van der Waals surface area contributed by atoms with Crippen molar-refractivity contribution < 1.29 is 19.1 Å². The minimum Gasteiger partial charge on any atom is -0.465 e. The van der Waals surface area contributed by atoms with E-state index in [2.05, 4.69) is 18.8 Å². The third-order valence-corrected chi connectivity index (χ3v) is 9.11. The molecule has 0 aliphatic carbocycles. The maximum absolute atomic E-state index is 12.6. The summed E-state index contributed by atoms with van der Waals surface area (Å²) in [4.78, 5) is 41.2. The lowest BCUT2D eigenvalue weighted by molar-refractivity contribution is -0.141. The second-order valence-electron chi connectivity index (χ2n) is 11.5. The van der Waals surface area contributed by atoms with Crippen LogP contribution in [0.1, 0.15) is 104 Å². The van der Waals surface area contributed by atoms with E-state index in [1.54, 1.807) is 0 Å². The van der Waals surface area contributed by atoms with Gasteiger partial charge in [-0.25, -0.2) is 0 Å². The quantitative estimate of drug-likeness (QED) is 0.0489. The van der Waals surface area contributed by atoms with Crippen LogP contribution in [-0.4, -0.2) is 51.6 Å². The fourth-order valence-electron chi connectivity index (χ4n) is 4.91. The van der Waals surface area contributed by atoms with Crippen LogP contribution in [0.5, 0.6) is 0 Å². The average Bonchev–Trinajstić information content (AvgIpc) is 3.10. The molecule has 0 fully saturated rings. The van der Waals surface area contributed by atoms with Crippen molar-refractivity contribution in [1.82, 2.24) is 15.0 Å². The van der Waals surface area contributed by atoms with Gasteiger partial charge in [0.2, 0.25) is 5.95 Å². The highest BCUT2D eigenvalue weighted by Crippen LogP contribution is 2.33. The van der Waals surface area contributed by atoms with E-state index in [0.29, 0.717) is 29.5 Å². The van der Waals surface area contributed by atoms with Crippen LogP contribution < -0.4 is 4.90 Å². The number of carbonyl (C=O) groups is 2. The lowest BCUT2D eigenvalue weighted by atomic mass is 10.1. The van der Waals surface area contributed by atoms with Gasteiger partial charge in [-0.05, 0) is 37.1 Å². The molecule has 3 rings (SSSR count). The van der Waals surface area contributed by atoms with Crippen LogP contribution in [0.4, 0.5) is 17.3 Å². The number of hydrogen-bond donors (Lipinski definition) is 0. The van der Waals surface area contributed by atoms with Crippen LogP contribution in [0, 0.1) is 0 Å². The number of anilines is 3. The van der Waals surface area contributed by atoms with E-state index in [0.717, 1.165) is 37.1 Å².